The van der Waals surface area contributed by atoms with E-state index in [9.17, 15) is 0 Å². The number of hydrogen-bond donors (Lipinski definition) is 2. The van der Waals surface area contributed by atoms with E-state index in [0.717, 1.165) is 17.7 Å². The van der Waals surface area contributed by atoms with E-state index < -0.39 is 0 Å². The first kappa shape index (κ1) is 11.0. The molecule has 0 bridgehead atoms. The minimum Gasteiger partial charge on any atom is -0.496 e. The van der Waals surface area contributed by atoms with Gasteiger partial charge >= 0.3 is 0 Å². The SMILES string of the molecule is COc1ccccc1CC(C)(N)CN. The Morgan fingerprint density at radius 3 is 2.57 bits per heavy atom. The van der Waals surface area contributed by atoms with E-state index in [0.29, 0.717) is 6.54 Å². The van der Waals surface area contributed by atoms with Gasteiger partial charge in [0.1, 0.15) is 5.75 Å². The van der Waals surface area contributed by atoms with Gasteiger partial charge in [-0.05, 0) is 25.0 Å². The number of rotatable bonds is 4. The molecular weight excluding hydrogens is 176 g/mol. The summed E-state index contributed by atoms with van der Waals surface area (Å²) in [4.78, 5) is 0. The number of methoxy groups -OCH3 is 1. The van der Waals surface area contributed by atoms with Gasteiger partial charge in [-0.3, -0.25) is 0 Å². The summed E-state index contributed by atoms with van der Waals surface area (Å²) in [6.07, 6.45) is 0.730. The lowest BCUT2D eigenvalue weighted by molar-refractivity contribution is 0.399. The maximum atomic E-state index is 5.99. The topological polar surface area (TPSA) is 61.3 Å². The van der Waals surface area contributed by atoms with Crippen molar-refractivity contribution < 1.29 is 4.74 Å². The van der Waals surface area contributed by atoms with Crippen LogP contribution < -0.4 is 16.2 Å². The zero-order valence-electron chi connectivity index (χ0n) is 8.79. The second kappa shape index (κ2) is 4.44. The average molecular weight is 194 g/mol. The molecule has 3 nitrogen and oxygen atoms in total. The number of nitrogens with two attached hydrogens (primary N) is 2. The third-order valence-corrected chi connectivity index (χ3v) is 2.25. The Morgan fingerprint density at radius 2 is 2.00 bits per heavy atom. The van der Waals surface area contributed by atoms with Crippen molar-refractivity contribution in [2.45, 2.75) is 18.9 Å². The fourth-order valence-corrected chi connectivity index (χ4v) is 1.36. The summed E-state index contributed by atoms with van der Waals surface area (Å²) in [5.41, 5.74) is 12.3. The zero-order valence-corrected chi connectivity index (χ0v) is 8.79. The minimum absolute atomic E-state index is 0.366. The summed E-state index contributed by atoms with van der Waals surface area (Å²) < 4.78 is 5.24. The van der Waals surface area contributed by atoms with E-state index in [1.165, 1.54) is 0 Å². The Labute approximate surface area is 85.0 Å². The van der Waals surface area contributed by atoms with Gasteiger partial charge in [0.05, 0.1) is 7.11 Å². The normalized spacial score (nSPS) is 14.9. The predicted molar refractivity (Wildman–Crippen MR) is 58.3 cm³/mol. The van der Waals surface area contributed by atoms with Crippen LogP contribution in [0.15, 0.2) is 24.3 Å². The van der Waals surface area contributed by atoms with Gasteiger partial charge in [-0.2, -0.15) is 0 Å². The van der Waals surface area contributed by atoms with Crippen molar-refractivity contribution >= 4 is 0 Å². The van der Waals surface area contributed by atoms with Crippen molar-refractivity contribution in [3.63, 3.8) is 0 Å². The fraction of sp³-hybridized carbons (Fsp3) is 0.455. The molecule has 0 aliphatic carbocycles. The molecule has 14 heavy (non-hydrogen) atoms. The molecule has 1 unspecified atom stereocenters. The second-order valence-electron chi connectivity index (χ2n) is 3.85. The van der Waals surface area contributed by atoms with Gasteiger partial charge in [0.15, 0.2) is 0 Å². The Hall–Kier alpha value is -1.06. The molecule has 1 atom stereocenters. The highest BCUT2D eigenvalue weighted by molar-refractivity contribution is 5.34. The molecule has 78 valence electrons. The van der Waals surface area contributed by atoms with Gasteiger partial charge in [-0.1, -0.05) is 18.2 Å². The molecule has 0 aromatic heterocycles. The Kier molecular flexibility index (Phi) is 3.49. The van der Waals surface area contributed by atoms with E-state index >= 15 is 0 Å². The van der Waals surface area contributed by atoms with Crippen LogP contribution in [0.4, 0.5) is 0 Å². The molecule has 1 aromatic rings. The Morgan fingerprint density at radius 1 is 1.36 bits per heavy atom. The van der Waals surface area contributed by atoms with Gasteiger partial charge in [0.25, 0.3) is 0 Å². The Balaban J connectivity index is 2.85. The van der Waals surface area contributed by atoms with Crippen LogP contribution in [0, 0.1) is 0 Å². The number of para-hydroxylation sites is 1. The maximum absolute atomic E-state index is 5.99. The first-order valence-electron chi connectivity index (χ1n) is 4.70. The van der Waals surface area contributed by atoms with Crippen molar-refractivity contribution in [1.29, 1.82) is 0 Å². The van der Waals surface area contributed by atoms with Crippen LogP contribution in [0.25, 0.3) is 0 Å². The standard InChI is InChI=1S/C11H18N2O/c1-11(13,8-12)7-9-5-3-4-6-10(9)14-2/h3-6H,7-8,12-13H2,1-2H3. The molecule has 0 aliphatic heterocycles. The van der Waals surface area contributed by atoms with Crippen molar-refractivity contribution in [3.8, 4) is 5.75 Å². The molecule has 0 heterocycles. The first-order valence-corrected chi connectivity index (χ1v) is 4.70. The molecule has 0 saturated carbocycles. The third-order valence-electron chi connectivity index (χ3n) is 2.25. The van der Waals surface area contributed by atoms with Gasteiger partial charge in [0, 0.05) is 12.1 Å². The smallest absolute Gasteiger partial charge is 0.122 e. The lowest BCUT2D eigenvalue weighted by Crippen LogP contribution is -2.45. The molecular formula is C11H18N2O. The van der Waals surface area contributed by atoms with Gasteiger partial charge in [-0.15, -0.1) is 0 Å². The highest BCUT2D eigenvalue weighted by Crippen LogP contribution is 2.21. The molecule has 0 fully saturated rings. The molecule has 0 spiro atoms. The molecule has 0 radical (unpaired) electrons. The lowest BCUT2D eigenvalue weighted by Gasteiger charge is -2.23. The van der Waals surface area contributed by atoms with Crippen molar-refractivity contribution in [2.24, 2.45) is 11.5 Å². The lowest BCUT2D eigenvalue weighted by atomic mass is 9.94. The monoisotopic (exact) mass is 194 g/mol. The fourth-order valence-electron chi connectivity index (χ4n) is 1.36. The minimum atomic E-state index is -0.366. The molecule has 0 saturated heterocycles. The van der Waals surface area contributed by atoms with E-state index in [1.54, 1.807) is 7.11 Å². The summed E-state index contributed by atoms with van der Waals surface area (Å²) in [7, 11) is 1.66. The summed E-state index contributed by atoms with van der Waals surface area (Å²) in [6.45, 7) is 2.41. The molecule has 1 rings (SSSR count). The van der Waals surface area contributed by atoms with Crippen LogP contribution in [0.1, 0.15) is 12.5 Å². The predicted octanol–water partition coefficient (Wildman–Crippen LogP) is 0.914. The molecule has 4 N–H and O–H groups in total. The maximum Gasteiger partial charge on any atom is 0.122 e. The van der Waals surface area contributed by atoms with E-state index in [-0.39, 0.29) is 5.54 Å². The van der Waals surface area contributed by atoms with Crippen LogP contribution in [0.2, 0.25) is 0 Å². The number of hydrogen-bond acceptors (Lipinski definition) is 3. The van der Waals surface area contributed by atoms with Crippen molar-refractivity contribution in [2.75, 3.05) is 13.7 Å². The van der Waals surface area contributed by atoms with E-state index in [4.69, 9.17) is 16.2 Å². The quantitative estimate of drug-likeness (QED) is 0.749. The van der Waals surface area contributed by atoms with Crippen molar-refractivity contribution in [3.05, 3.63) is 29.8 Å². The molecule has 0 aliphatic rings. The van der Waals surface area contributed by atoms with Gasteiger partial charge in [-0.25, -0.2) is 0 Å². The largest absolute Gasteiger partial charge is 0.496 e. The van der Waals surface area contributed by atoms with Crippen LogP contribution >= 0.6 is 0 Å². The third kappa shape index (κ3) is 2.72. The summed E-state index contributed by atoms with van der Waals surface area (Å²) in [6, 6.07) is 7.87. The van der Waals surface area contributed by atoms with Crippen LogP contribution in [0.3, 0.4) is 0 Å². The first-order chi connectivity index (χ1) is 6.59. The second-order valence-corrected chi connectivity index (χ2v) is 3.85. The van der Waals surface area contributed by atoms with E-state index in [2.05, 4.69) is 0 Å². The van der Waals surface area contributed by atoms with Gasteiger partial charge in [0.2, 0.25) is 0 Å². The molecule has 1 aromatic carbocycles. The summed E-state index contributed by atoms with van der Waals surface area (Å²) >= 11 is 0. The molecule has 0 amide bonds. The van der Waals surface area contributed by atoms with Crippen molar-refractivity contribution in [1.82, 2.24) is 0 Å². The van der Waals surface area contributed by atoms with E-state index in [1.807, 2.05) is 31.2 Å². The molecule has 3 heteroatoms. The van der Waals surface area contributed by atoms with Gasteiger partial charge < -0.3 is 16.2 Å². The van der Waals surface area contributed by atoms with Crippen LogP contribution in [-0.2, 0) is 6.42 Å². The highest BCUT2D eigenvalue weighted by Gasteiger charge is 2.18. The highest BCUT2D eigenvalue weighted by atomic mass is 16.5. The number of ether oxygens (including phenoxy) is 1. The number of benzene rings is 1. The summed E-state index contributed by atoms with van der Waals surface area (Å²) in [5, 5.41) is 0. The van der Waals surface area contributed by atoms with Crippen LogP contribution in [-0.4, -0.2) is 19.2 Å². The van der Waals surface area contributed by atoms with Crippen LogP contribution in [0.5, 0.6) is 5.75 Å². The average Bonchev–Trinajstić information content (AvgIpc) is 2.18. The zero-order chi connectivity index (χ0) is 10.6. The Bertz CT molecular complexity index is 297. The summed E-state index contributed by atoms with van der Waals surface area (Å²) in [5.74, 6) is 0.873.